The number of nitrogens with one attached hydrogen (secondary N) is 1. The van der Waals surface area contributed by atoms with Crippen molar-refractivity contribution in [3.8, 4) is 22.7 Å². The van der Waals surface area contributed by atoms with E-state index in [1.807, 2.05) is 50.2 Å². The molecular weight excluding hydrogens is 434 g/mol. The SMILES string of the molecule is CCc1ccc(-c2cc3c(=O)[nH]nc(SCc4nc(-c5ccc(C)cc5)oc4C)n3n2)cc1. The smallest absolute Gasteiger partial charge is 0.290 e. The first-order valence-electron chi connectivity index (χ1n) is 10.8. The zero-order valence-electron chi connectivity index (χ0n) is 18.6. The van der Waals surface area contributed by atoms with Crippen LogP contribution in [0.1, 0.15) is 29.5 Å². The Hall–Kier alpha value is -3.65. The minimum atomic E-state index is -0.275. The van der Waals surface area contributed by atoms with Gasteiger partial charge in [-0.15, -0.1) is 5.10 Å². The molecule has 0 amide bonds. The highest BCUT2D eigenvalue weighted by Gasteiger charge is 2.16. The Morgan fingerprint density at radius 3 is 2.48 bits per heavy atom. The van der Waals surface area contributed by atoms with Gasteiger partial charge in [0.1, 0.15) is 11.3 Å². The van der Waals surface area contributed by atoms with Gasteiger partial charge in [-0.2, -0.15) is 5.10 Å². The van der Waals surface area contributed by atoms with Gasteiger partial charge in [0.25, 0.3) is 5.56 Å². The molecule has 7 nitrogen and oxygen atoms in total. The second kappa shape index (κ2) is 8.71. The average Bonchev–Trinajstić information content (AvgIpc) is 3.44. The van der Waals surface area contributed by atoms with Crippen LogP contribution < -0.4 is 5.56 Å². The predicted octanol–water partition coefficient (Wildman–Crippen LogP) is 5.21. The molecule has 0 saturated heterocycles. The number of aromatic nitrogens is 5. The number of aryl methyl sites for hydroxylation is 3. The van der Waals surface area contributed by atoms with E-state index in [2.05, 4.69) is 39.3 Å². The number of fused-ring (bicyclic) bond motifs is 1. The zero-order valence-corrected chi connectivity index (χ0v) is 19.4. The largest absolute Gasteiger partial charge is 0.441 e. The number of aromatic amines is 1. The summed E-state index contributed by atoms with van der Waals surface area (Å²) in [7, 11) is 0. The molecule has 0 atom stereocenters. The van der Waals surface area contributed by atoms with E-state index in [0.29, 0.717) is 22.3 Å². The minimum Gasteiger partial charge on any atom is -0.441 e. The molecule has 0 bridgehead atoms. The van der Waals surface area contributed by atoms with Crippen LogP contribution in [0.2, 0.25) is 0 Å². The fourth-order valence-electron chi connectivity index (χ4n) is 3.55. The van der Waals surface area contributed by atoms with Crippen molar-refractivity contribution in [1.82, 2.24) is 24.8 Å². The van der Waals surface area contributed by atoms with Gasteiger partial charge in [-0.25, -0.2) is 14.6 Å². The van der Waals surface area contributed by atoms with E-state index in [4.69, 9.17) is 4.42 Å². The topological polar surface area (TPSA) is 89.1 Å². The van der Waals surface area contributed by atoms with E-state index in [1.54, 1.807) is 10.6 Å². The van der Waals surface area contributed by atoms with Gasteiger partial charge >= 0.3 is 0 Å². The summed E-state index contributed by atoms with van der Waals surface area (Å²) in [6, 6.07) is 18.1. The third-order valence-electron chi connectivity index (χ3n) is 5.56. The van der Waals surface area contributed by atoms with Crippen LogP contribution in [0.15, 0.2) is 69.0 Å². The second-order valence-corrected chi connectivity index (χ2v) is 8.83. The van der Waals surface area contributed by atoms with Crippen molar-refractivity contribution < 1.29 is 4.42 Å². The van der Waals surface area contributed by atoms with Crippen LogP contribution in [0.3, 0.4) is 0 Å². The normalized spacial score (nSPS) is 11.4. The molecule has 5 rings (SSSR count). The number of rotatable bonds is 6. The zero-order chi connectivity index (χ0) is 22.9. The molecule has 33 heavy (non-hydrogen) atoms. The quantitative estimate of drug-likeness (QED) is 0.352. The summed E-state index contributed by atoms with van der Waals surface area (Å²) in [5.41, 5.74) is 6.09. The van der Waals surface area contributed by atoms with Crippen molar-refractivity contribution >= 4 is 17.3 Å². The summed E-state index contributed by atoms with van der Waals surface area (Å²) in [4.78, 5) is 17.0. The number of H-pyrrole nitrogens is 1. The van der Waals surface area contributed by atoms with Crippen molar-refractivity contribution in [2.24, 2.45) is 0 Å². The van der Waals surface area contributed by atoms with Crippen molar-refractivity contribution in [1.29, 1.82) is 0 Å². The molecule has 0 unspecified atom stereocenters. The molecule has 1 N–H and O–H groups in total. The standard InChI is InChI=1S/C25H23N5O2S/c1-4-17-7-11-18(12-8-17)20-13-22-23(31)27-28-25(30(22)29-20)33-14-21-16(3)32-24(26-21)19-9-5-15(2)6-10-19/h5-13H,4,14H2,1-3H3,(H,27,31). The van der Waals surface area contributed by atoms with Gasteiger partial charge in [0.2, 0.25) is 11.0 Å². The summed E-state index contributed by atoms with van der Waals surface area (Å²) < 4.78 is 7.49. The van der Waals surface area contributed by atoms with Gasteiger partial charge in [0, 0.05) is 16.9 Å². The summed E-state index contributed by atoms with van der Waals surface area (Å²) in [6.07, 6.45) is 0.975. The molecular formula is C25H23N5O2S. The maximum absolute atomic E-state index is 12.4. The summed E-state index contributed by atoms with van der Waals surface area (Å²) >= 11 is 1.45. The molecule has 8 heteroatoms. The van der Waals surface area contributed by atoms with E-state index in [1.165, 1.54) is 22.9 Å². The Balaban J connectivity index is 1.42. The highest BCUT2D eigenvalue weighted by Crippen LogP contribution is 2.28. The number of thioether (sulfide) groups is 1. The lowest BCUT2D eigenvalue weighted by molar-refractivity contribution is 0.540. The van der Waals surface area contributed by atoms with Crippen molar-refractivity contribution in [3.63, 3.8) is 0 Å². The number of benzene rings is 2. The first-order chi connectivity index (χ1) is 16.0. The van der Waals surface area contributed by atoms with Gasteiger partial charge in [0.05, 0.1) is 11.4 Å². The van der Waals surface area contributed by atoms with E-state index in [9.17, 15) is 4.79 Å². The fraction of sp³-hybridized carbons (Fsp3) is 0.200. The lowest BCUT2D eigenvalue weighted by Gasteiger charge is -2.02. The molecule has 0 aliphatic rings. The average molecular weight is 458 g/mol. The summed E-state index contributed by atoms with van der Waals surface area (Å²) in [6.45, 7) is 6.07. The number of nitrogens with zero attached hydrogens (tertiary/aromatic N) is 4. The molecule has 166 valence electrons. The molecule has 0 fully saturated rings. The Bertz CT molecular complexity index is 1480. The minimum absolute atomic E-state index is 0.275. The van der Waals surface area contributed by atoms with Gasteiger partial charge in [-0.05, 0) is 44.0 Å². The van der Waals surface area contributed by atoms with E-state index >= 15 is 0 Å². The molecule has 2 aromatic carbocycles. The monoisotopic (exact) mass is 457 g/mol. The third kappa shape index (κ3) is 4.21. The molecule has 0 aliphatic heterocycles. The first-order valence-corrected chi connectivity index (χ1v) is 11.7. The molecule has 0 aliphatic carbocycles. The maximum Gasteiger partial charge on any atom is 0.290 e. The molecule has 0 saturated carbocycles. The predicted molar refractivity (Wildman–Crippen MR) is 129 cm³/mol. The van der Waals surface area contributed by atoms with Crippen molar-refractivity contribution in [3.05, 3.63) is 87.5 Å². The van der Waals surface area contributed by atoms with Crippen LogP contribution >= 0.6 is 11.8 Å². The summed E-state index contributed by atoms with van der Waals surface area (Å²) in [5.74, 6) is 1.89. The molecule has 3 aromatic heterocycles. The van der Waals surface area contributed by atoms with E-state index in [0.717, 1.165) is 34.7 Å². The van der Waals surface area contributed by atoms with Crippen LogP contribution in [0, 0.1) is 13.8 Å². The van der Waals surface area contributed by atoms with Crippen LogP contribution in [0.4, 0.5) is 0 Å². The third-order valence-corrected chi connectivity index (χ3v) is 6.50. The molecule has 0 radical (unpaired) electrons. The van der Waals surface area contributed by atoms with Crippen molar-refractivity contribution in [2.75, 3.05) is 0 Å². The van der Waals surface area contributed by atoms with Gasteiger partial charge in [-0.1, -0.05) is 60.6 Å². The van der Waals surface area contributed by atoms with Crippen LogP contribution in [-0.4, -0.2) is 24.8 Å². The van der Waals surface area contributed by atoms with Gasteiger partial charge in [0.15, 0.2) is 0 Å². The first kappa shape index (κ1) is 21.2. The number of hydrogen-bond donors (Lipinski definition) is 1. The van der Waals surface area contributed by atoms with Gasteiger partial charge < -0.3 is 4.42 Å². The molecule has 5 aromatic rings. The number of oxazole rings is 1. The number of hydrogen-bond acceptors (Lipinski definition) is 6. The Morgan fingerprint density at radius 1 is 1.03 bits per heavy atom. The maximum atomic E-state index is 12.4. The Kier molecular flexibility index (Phi) is 5.60. The lowest BCUT2D eigenvalue weighted by Crippen LogP contribution is -2.13. The van der Waals surface area contributed by atoms with E-state index < -0.39 is 0 Å². The Morgan fingerprint density at radius 2 is 1.76 bits per heavy atom. The highest BCUT2D eigenvalue weighted by atomic mass is 32.2. The van der Waals surface area contributed by atoms with E-state index in [-0.39, 0.29) is 5.56 Å². The second-order valence-electron chi connectivity index (χ2n) is 7.89. The highest BCUT2D eigenvalue weighted by molar-refractivity contribution is 7.98. The fourth-order valence-corrected chi connectivity index (χ4v) is 4.46. The Labute approximate surface area is 194 Å². The molecule has 3 heterocycles. The summed E-state index contributed by atoms with van der Waals surface area (Å²) in [5, 5.41) is 12.1. The lowest BCUT2D eigenvalue weighted by atomic mass is 10.1. The molecule has 0 spiro atoms. The van der Waals surface area contributed by atoms with Crippen molar-refractivity contribution in [2.45, 2.75) is 38.1 Å². The van der Waals surface area contributed by atoms with Crippen LogP contribution in [-0.2, 0) is 12.2 Å². The van der Waals surface area contributed by atoms with Gasteiger partial charge in [-0.3, -0.25) is 4.79 Å². The van der Waals surface area contributed by atoms with Crippen LogP contribution in [0.5, 0.6) is 0 Å². The van der Waals surface area contributed by atoms with Crippen LogP contribution in [0.25, 0.3) is 28.2 Å².